The molecule has 0 atom stereocenters. The molecular weight excluding hydrogens is 403 g/mol. The highest BCUT2D eigenvalue weighted by molar-refractivity contribution is 6.42. The van der Waals surface area contributed by atoms with Gasteiger partial charge in [0.2, 0.25) is 0 Å². The summed E-state index contributed by atoms with van der Waals surface area (Å²) >= 11 is 11.6. The zero-order valence-electron chi connectivity index (χ0n) is 13.7. The fourth-order valence-corrected chi connectivity index (χ4v) is 2.32. The highest BCUT2D eigenvalue weighted by Gasteiger charge is 2.14. The second-order valence-electron chi connectivity index (χ2n) is 5.34. The maximum Gasteiger partial charge on any atom is 0.308 e. The number of benzene rings is 2. The van der Waals surface area contributed by atoms with Crippen molar-refractivity contribution < 1.29 is 27.9 Å². The van der Waals surface area contributed by atoms with Crippen LogP contribution in [0.15, 0.2) is 36.4 Å². The maximum atomic E-state index is 13.5. The Morgan fingerprint density at radius 3 is 2.41 bits per heavy atom. The second kappa shape index (κ2) is 9.43. The van der Waals surface area contributed by atoms with Crippen LogP contribution in [0, 0.1) is 11.6 Å². The lowest BCUT2D eigenvalue weighted by molar-refractivity contribution is -0.142. The summed E-state index contributed by atoms with van der Waals surface area (Å²) in [6.07, 6.45) is -0.233. The molecule has 142 valence electrons. The van der Waals surface area contributed by atoms with Gasteiger partial charge in [-0.15, -0.1) is 0 Å². The number of carbonyl (C=O) groups excluding carboxylic acids is 3. The average Bonchev–Trinajstić information content (AvgIpc) is 2.61. The summed E-state index contributed by atoms with van der Waals surface area (Å²) in [5, 5.41) is 2.79. The molecule has 0 spiro atoms. The molecule has 2 rings (SSSR count). The number of rotatable bonds is 7. The Hall–Kier alpha value is -2.51. The van der Waals surface area contributed by atoms with Crippen LogP contribution in [0.3, 0.4) is 0 Å². The molecule has 2 aromatic rings. The first-order valence-corrected chi connectivity index (χ1v) is 8.40. The Balaban J connectivity index is 1.76. The van der Waals surface area contributed by atoms with Crippen molar-refractivity contribution >= 4 is 40.9 Å². The second-order valence-corrected chi connectivity index (χ2v) is 6.16. The lowest BCUT2D eigenvalue weighted by atomic mass is 10.1. The van der Waals surface area contributed by atoms with Gasteiger partial charge in [0.15, 0.2) is 12.4 Å². The molecule has 1 amide bonds. The van der Waals surface area contributed by atoms with E-state index in [4.69, 9.17) is 27.9 Å². The van der Waals surface area contributed by atoms with Crippen molar-refractivity contribution in [3.05, 3.63) is 69.2 Å². The largest absolute Gasteiger partial charge is 0.457 e. The van der Waals surface area contributed by atoms with Gasteiger partial charge >= 0.3 is 5.97 Å². The Morgan fingerprint density at radius 2 is 1.74 bits per heavy atom. The molecule has 1 N–H and O–H groups in total. The van der Waals surface area contributed by atoms with Crippen molar-refractivity contribution in [3.8, 4) is 0 Å². The van der Waals surface area contributed by atoms with Gasteiger partial charge in [0.25, 0.3) is 5.91 Å². The quantitative estimate of drug-likeness (QED) is 0.551. The number of hydrogen-bond donors (Lipinski definition) is 1. The van der Waals surface area contributed by atoms with E-state index in [1.165, 1.54) is 18.2 Å². The van der Waals surface area contributed by atoms with Crippen LogP contribution in [0.5, 0.6) is 0 Å². The summed E-state index contributed by atoms with van der Waals surface area (Å²) in [5.41, 5.74) is -0.114. The van der Waals surface area contributed by atoms with E-state index in [-0.39, 0.29) is 29.1 Å². The number of halogens is 4. The van der Waals surface area contributed by atoms with Crippen molar-refractivity contribution in [2.75, 3.05) is 13.2 Å². The SMILES string of the molecule is O=C(CCNC(=O)c1ccc(F)cc1F)OCC(=O)c1ccc(Cl)c(Cl)c1. The molecule has 0 fully saturated rings. The Kier molecular flexibility index (Phi) is 7.27. The third kappa shape index (κ3) is 6.01. The first-order chi connectivity index (χ1) is 12.8. The third-order valence-electron chi connectivity index (χ3n) is 3.40. The molecule has 5 nitrogen and oxygen atoms in total. The summed E-state index contributed by atoms with van der Waals surface area (Å²) in [6, 6.07) is 6.77. The van der Waals surface area contributed by atoms with Gasteiger partial charge in [-0.2, -0.15) is 0 Å². The first-order valence-electron chi connectivity index (χ1n) is 7.65. The average molecular weight is 416 g/mol. The molecule has 0 bridgehead atoms. The molecular formula is C18H13Cl2F2NO4. The molecule has 0 heterocycles. The smallest absolute Gasteiger partial charge is 0.308 e. The van der Waals surface area contributed by atoms with Crippen molar-refractivity contribution in [1.29, 1.82) is 0 Å². The van der Waals surface area contributed by atoms with Crippen LogP contribution in [-0.2, 0) is 9.53 Å². The molecule has 0 unspecified atom stereocenters. The van der Waals surface area contributed by atoms with Crippen LogP contribution in [0.4, 0.5) is 8.78 Å². The van der Waals surface area contributed by atoms with Crippen LogP contribution in [0.25, 0.3) is 0 Å². The number of amides is 1. The van der Waals surface area contributed by atoms with E-state index >= 15 is 0 Å². The maximum absolute atomic E-state index is 13.5. The Labute approximate surface area is 163 Å². The minimum absolute atomic E-state index is 0.143. The number of esters is 1. The van der Waals surface area contributed by atoms with E-state index < -0.39 is 35.9 Å². The molecule has 0 radical (unpaired) electrons. The standard InChI is InChI=1S/C18H13Cl2F2NO4/c19-13-4-1-10(7-14(13)20)16(24)9-27-17(25)5-6-23-18(26)12-3-2-11(21)8-15(12)22/h1-4,7-8H,5-6,9H2,(H,23,26). The molecule has 9 heteroatoms. The first kappa shape index (κ1) is 20.8. The normalized spacial score (nSPS) is 10.4. The van der Waals surface area contributed by atoms with Crippen molar-refractivity contribution in [2.45, 2.75) is 6.42 Å². The molecule has 0 aliphatic heterocycles. The summed E-state index contributed by atoms with van der Waals surface area (Å²) < 4.78 is 31.1. The lowest BCUT2D eigenvalue weighted by Gasteiger charge is -2.07. The van der Waals surface area contributed by atoms with Crippen LogP contribution < -0.4 is 5.32 Å². The van der Waals surface area contributed by atoms with Crippen LogP contribution in [0.1, 0.15) is 27.1 Å². The van der Waals surface area contributed by atoms with Crippen molar-refractivity contribution in [1.82, 2.24) is 5.32 Å². The predicted molar refractivity (Wildman–Crippen MR) is 95.1 cm³/mol. The number of nitrogens with one attached hydrogen (secondary N) is 1. The Bertz CT molecular complexity index is 890. The van der Waals surface area contributed by atoms with Gasteiger partial charge in [-0.3, -0.25) is 14.4 Å². The predicted octanol–water partition coefficient (Wildman–Crippen LogP) is 3.82. The number of hydrogen-bond acceptors (Lipinski definition) is 4. The molecule has 0 aromatic heterocycles. The van der Waals surface area contributed by atoms with E-state index in [1.54, 1.807) is 0 Å². The lowest BCUT2D eigenvalue weighted by Crippen LogP contribution is -2.27. The minimum atomic E-state index is -1.01. The van der Waals surface area contributed by atoms with Crippen LogP contribution in [0.2, 0.25) is 10.0 Å². The highest BCUT2D eigenvalue weighted by atomic mass is 35.5. The number of ketones is 1. The summed E-state index contributed by atoms with van der Waals surface area (Å²) in [6.45, 7) is -0.646. The molecule has 0 aliphatic rings. The van der Waals surface area contributed by atoms with E-state index in [2.05, 4.69) is 5.32 Å². The molecule has 0 saturated heterocycles. The zero-order valence-corrected chi connectivity index (χ0v) is 15.2. The molecule has 0 aliphatic carbocycles. The van der Waals surface area contributed by atoms with Crippen molar-refractivity contribution in [3.63, 3.8) is 0 Å². The topological polar surface area (TPSA) is 72.5 Å². The monoisotopic (exact) mass is 415 g/mol. The Morgan fingerprint density at radius 1 is 1.00 bits per heavy atom. The van der Waals surface area contributed by atoms with Gasteiger partial charge < -0.3 is 10.1 Å². The third-order valence-corrected chi connectivity index (χ3v) is 4.14. The van der Waals surface area contributed by atoms with Gasteiger partial charge in [-0.1, -0.05) is 23.2 Å². The van der Waals surface area contributed by atoms with Crippen LogP contribution >= 0.6 is 23.2 Å². The van der Waals surface area contributed by atoms with Gasteiger partial charge in [-0.05, 0) is 30.3 Å². The van der Waals surface area contributed by atoms with E-state index in [1.807, 2.05) is 0 Å². The molecule has 0 saturated carbocycles. The van der Waals surface area contributed by atoms with Crippen molar-refractivity contribution in [2.24, 2.45) is 0 Å². The fraction of sp³-hybridized carbons (Fsp3) is 0.167. The highest BCUT2D eigenvalue weighted by Crippen LogP contribution is 2.22. The summed E-state index contributed by atoms with van der Waals surface area (Å²) in [7, 11) is 0. The van der Waals surface area contributed by atoms with Gasteiger partial charge in [0.1, 0.15) is 11.6 Å². The summed E-state index contributed by atoms with van der Waals surface area (Å²) in [5.74, 6) is -3.82. The number of ether oxygens (including phenoxy) is 1. The van der Waals surface area contributed by atoms with Gasteiger partial charge in [0.05, 0.1) is 22.0 Å². The number of Topliss-reactive ketones (excluding diaryl/α,β-unsaturated/α-hetero) is 1. The van der Waals surface area contributed by atoms with E-state index in [9.17, 15) is 23.2 Å². The van der Waals surface area contributed by atoms with E-state index in [0.29, 0.717) is 11.1 Å². The molecule has 2 aromatic carbocycles. The molecule has 27 heavy (non-hydrogen) atoms. The minimum Gasteiger partial charge on any atom is -0.457 e. The summed E-state index contributed by atoms with van der Waals surface area (Å²) in [4.78, 5) is 35.3. The fourth-order valence-electron chi connectivity index (χ4n) is 2.02. The van der Waals surface area contributed by atoms with Crippen LogP contribution in [-0.4, -0.2) is 30.8 Å². The van der Waals surface area contributed by atoms with Gasteiger partial charge in [0, 0.05) is 18.2 Å². The number of carbonyl (C=O) groups is 3. The van der Waals surface area contributed by atoms with E-state index in [0.717, 1.165) is 12.1 Å². The van der Waals surface area contributed by atoms with Gasteiger partial charge in [-0.25, -0.2) is 8.78 Å². The zero-order chi connectivity index (χ0) is 20.0.